The Morgan fingerprint density at radius 3 is 2.11 bits per heavy atom. The lowest BCUT2D eigenvalue weighted by atomic mass is 10.1. The average molecular weight is 280 g/mol. The van der Waals surface area contributed by atoms with Crippen molar-refractivity contribution in [2.24, 2.45) is 0 Å². The summed E-state index contributed by atoms with van der Waals surface area (Å²) in [7, 11) is -5.56. The van der Waals surface area contributed by atoms with Crippen molar-refractivity contribution >= 4 is 21.8 Å². The summed E-state index contributed by atoms with van der Waals surface area (Å²) in [5.74, 6) is -2.19. The van der Waals surface area contributed by atoms with Gasteiger partial charge in [-0.1, -0.05) is 0 Å². The lowest BCUT2D eigenvalue weighted by molar-refractivity contribution is -0.0436. The lowest BCUT2D eigenvalue weighted by Crippen LogP contribution is -2.23. The third kappa shape index (κ3) is 1.67. The van der Waals surface area contributed by atoms with Gasteiger partial charge in [0, 0.05) is 0 Å². The molecule has 2 rings (SSSR count). The van der Waals surface area contributed by atoms with Crippen LogP contribution in [-0.2, 0) is 14.6 Å². The summed E-state index contributed by atoms with van der Waals surface area (Å²) in [5.41, 5.74) is -6.24. The highest BCUT2D eigenvalue weighted by Crippen LogP contribution is 2.32. The fourth-order valence-corrected chi connectivity index (χ4v) is 2.15. The molecule has 18 heavy (non-hydrogen) atoms. The molecule has 0 aliphatic carbocycles. The van der Waals surface area contributed by atoms with Gasteiger partial charge in [0.25, 0.3) is 9.84 Å². The van der Waals surface area contributed by atoms with E-state index in [9.17, 15) is 31.2 Å². The average Bonchev–Trinajstić information content (AvgIpc) is 2.53. The van der Waals surface area contributed by atoms with Crippen LogP contribution in [0.15, 0.2) is 23.1 Å². The van der Waals surface area contributed by atoms with Crippen molar-refractivity contribution in [3.63, 3.8) is 0 Å². The Morgan fingerprint density at radius 1 is 1.00 bits per heavy atom. The number of benzene rings is 1. The molecule has 1 aromatic rings. The standard InChI is InChI=1S/C9H3F3O5S/c10-9(11,12)18(15,16)4-1-2-5-6(3-4)8(14)17-7(5)13/h1-3H. The monoisotopic (exact) mass is 280 g/mol. The van der Waals surface area contributed by atoms with Gasteiger partial charge < -0.3 is 4.74 Å². The zero-order chi connectivity index (χ0) is 13.7. The van der Waals surface area contributed by atoms with Gasteiger partial charge in [0.05, 0.1) is 16.0 Å². The lowest BCUT2D eigenvalue weighted by Gasteiger charge is -2.07. The van der Waals surface area contributed by atoms with Crippen LogP contribution in [0.25, 0.3) is 0 Å². The molecular formula is C9H3F3O5S. The first-order chi connectivity index (χ1) is 8.14. The summed E-state index contributed by atoms with van der Waals surface area (Å²) in [4.78, 5) is 21.0. The summed E-state index contributed by atoms with van der Waals surface area (Å²) in [6, 6.07) is 1.88. The Balaban J connectivity index is 2.62. The first-order valence-corrected chi connectivity index (χ1v) is 5.85. The van der Waals surface area contributed by atoms with E-state index < -0.39 is 37.7 Å². The van der Waals surface area contributed by atoms with Gasteiger partial charge in [0.2, 0.25) is 0 Å². The Labute approximate surface area is 98.1 Å². The molecule has 0 saturated heterocycles. The van der Waals surface area contributed by atoms with Crippen LogP contribution < -0.4 is 0 Å². The number of carbonyl (C=O) groups excluding carboxylic acids is 2. The van der Waals surface area contributed by atoms with Crippen molar-refractivity contribution < 1.29 is 35.9 Å². The number of ether oxygens (including phenoxy) is 1. The van der Waals surface area contributed by atoms with E-state index in [-0.39, 0.29) is 5.56 Å². The molecule has 0 N–H and O–H groups in total. The van der Waals surface area contributed by atoms with Crippen LogP contribution >= 0.6 is 0 Å². The first kappa shape index (κ1) is 12.6. The molecule has 0 aromatic heterocycles. The molecule has 9 heteroatoms. The number of hydrogen-bond acceptors (Lipinski definition) is 5. The molecule has 0 fully saturated rings. The number of alkyl halides is 3. The third-order valence-corrected chi connectivity index (χ3v) is 3.72. The molecule has 0 unspecified atom stereocenters. The van der Waals surface area contributed by atoms with Crippen molar-refractivity contribution in [3.8, 4) is 0 Å². The summed E-state index contributed by atoms with van der Waals surface area (Å²) in [6.45, 7) is 0. The van der Waals surface area contributed by atoms with Crippen LogP contribution in [-0.4, -0.2) is 25.9 Å². The normalized spacial score (nSPS) is 15.5. The summed E-state index contributed by atoms with van der Waals surface area (Å²) >= 11 is 0. The van der Waals surface area contributed by atoms with Crippen LogP contribution in [0.5, 0.6) is 0 Å². The molecule has 0 spiro atoms. The molecule has 1 heterocycles. The molecule has 96 valence electrons. The van der Waals surface area contributed by atoms with E-state index in [4.69, 9.17) is 0 Å². The minimum Gasteiger partial charge on any atom is -0.386 e. The highest BCUT2D eigenvalue weighted by molar-refractivity contribution is 7.92. The number of esters is 2. The SMILES string of the molecule is O=C1OC(=O)c2cc(S(=O)(=O)C(F)(F)F)ccc21. The maximum atomic E-state index is 12.3. The van der Waals surface area contributed by atoms with E-state index in [2.05, 4.69) is 4.74 Å². The molecule has 0 radical (unpaired) electrons. The molecule has 0 atom stereocenters. The van der Waals surface area contributed by atoms with E-state index >= 15 is 0 Å². The minimum atomic E-state index is -5.56. The van der Waals surface area contributed by atoms with Crippen LogP contribution in [0.1, 0.15) is 20.7 Å². The summed E-state index contributed by atoms with van der Waals surface area (Å²) < 4.78 is 63.1. The second-order valence-electron chi connectivity index (χ2n) is 3.33. The van der Waals surface area contributed by atoms with Gasteiger partial charge in [-0.15, -0.1) is 0 Å². The minimum absolute atomic E-state index is 0.263. The van der Waals surface area contributed by atoms with E-state index in [1.807, 2.05) is 0 Å². The van der Waals surface area contributed by atoms with E-state index in [1.165, 1.54) is 0 Å². The Hall–Kier alpha value is -1.90. The second-order valence-corrected chi connectivity index (χ2v) is 5.27. The molecule has 0 amide bonds. The summed E-state index contributed by atoms with van der Waals surface area (Å²) in [6.07, 6.45) is 0. The Morgan fingerprint density at radius 2 is 1.56 bits per heavy atom. The molecular weight excluding hydrogens is 277 g/mol. The van der Waals surface area contributed by atoms with Crippen molar-refractivity contribution in [1.82, 2.24) is 0 Å². The van der Waals surface area contributed by atoms with Gasteiger partial charge in [0.1, 0.15) is 0 Å². The highest BCUT2D eigenvalue weighted by Gasteiger charge is 2.47. The van der Waals surface area contributed by atoms with Gasteiger partial charge in [0.15, 0.2) is 0 Å². The zero-order valence-corrected chi connectivity index (χ0v) is 9.13. The van der Waals surface area contributed by atoms with Gasteiger partial charge in [-0.2, -0.15) is 13.2 Å². The number of rotatable bonds is 1. The van der Waals surface area contributed by atoms with Crippen molar-refractivity contribution in [1.29, 1.82) is 0 Å². The van der Waals surface area contributed by atoms with Gasteiger partial charge in [-0.3, -0.25) is 0 Å². The highest BCUT2D eigenvalue weighted by atomic mass is 32.2. The fraction of sp³-hybridized carbons (Fsp3) is 0.111. The largest absolute Gasteiger partial charge is 0.501 e. The van der Waals surface area contributed by atoms with Crippen molar-refractivity contribution in [2.75, 3.05) is 0 Å². The molecule has 0 saturated carbocycles. The first-order valence-electron chi connectivity index (χ1n) is 4.36. The molecule has 5 nitrogen and oxygen atoms in total. The van der Waals surface area contributed by atoms with Crippen LogP contribution in [0.2, 0.25) is 0 Å². The number of halogens is 3. The van der Waals surface area contributed by atoms with Gasteiger partial charge in [-0.05, 0) is 18.2 Å². The maximum absolute atomic E-state index is 12.3. The van der Waals surface area contributed by atoms with Crippen molar-refractivity contribution in [2.45, 2.75) is 10.4 Å². The maximum Gasteiger partial charge on any atom is 0.501 e. The molecule has 0 bridgehead atoms. The number of carbonyl (C=O) groups is 2. The van der Waals surface area contributed by atoms with Crippen LogP contribution in [0.4, 0.5) is 13.2 Å². The second kappa shape index (κ2) is 3.55. The smallest absolute Gasteiger partial charge is 0.386 e. The number of cyclic esters (lactones) is 2. The van der Waals surface area contributed by atoms with Gasteiger partial charge in [-0.25, -0.2) is 18.0 Å². The quantitative estimate of drug-likeness (QED) is 0.572. The van der Waals surface area contributed by atoms with E-state index in [1.54, 1.807) is 0 Å². The Kier molecular flexibility index (Phi) is 2.47. The van der Waals surface area contributed by atoms with Crippen molar-refractivity contribution in [3.05, 3.63) is 29.3 Å². The third-order valence-electron chi connectivity index (χ3n) is 2.23. The summed E-state index contributed by atoms with van der Waals surface area (Å²) in [5, 5.41) is 0. The number of fused-ring (bicyclic) bond motifs is 1. The van der Waals surface area contributed by atoms with Gasteiger partial charge >= 0.3 is 17.4 Å². The molecule has 1 aliphatic heterocycles. The Bertz CT molecular complexity index is 659. The molecule has 1 aliphatic rings. The number of hydrogen-bond donors (Lipinski definition) is 0. The zero-order valence-electron chi connectivity index (χ0n) is 8.32. The topological polar surface area (TPSA) is 77.5 Å². The van der Waals surface area contributed by atoms with Crippen LogP contribution in [0.3, 0.4) is 0 Å². The van der Waals surface area contributed by atoms with Crippen LogP contribution in [0, 0.1) is 0 Å². The fourth-order valence-electron chi connectivity index (χ4n) is 1.37. The molecule has 1 aromatic carbocycles. The predicted octanol–water partition coefficient (Wildman–Crippen LogP) is 1.29. The number of sulfone groups is 1. The van der Waals surface area contributed by atoms with E-state index in [0.717, 1.165) is 6.07 Å². The van der Waals surface area contributed by atoms with E-state index in [0.29, 0.717) is 12.1 Å². The predicted molar refractivity (Wildman–Crippen MR) is 49.4 cm³/mol.